The lowest BCUT2D eigenvalue weighted by Crippen LogP contribution is -2.36. The number of imide groups is 1. The predicted octanol–water partition coefficient (Wildman–Crippen LogP) is 2.91. The number of amides is 3. The van der Waals surface area contributed by atoms with E-state index >= 15 is 0 Å². The number of hydrogen-bond donors (Lipinski definition) is 1. The Morgan fingerprint density at radius 1 is 1.10 bits per heavy atom. The molecule has 2 heterocycles. The molecule has 2 aliphatic rings. The van der Waals surface area contributed by atoms with Gasteiger partial charge in [0.15, 0.2) is 6.61 Å². The molecule has 0 spiro atoms. The lowest BCUT2D eigenvalue weighted by molar-refractivity contribution is -0.119. The summed E-state index contributed by atoms with van der Waals surface area (Å²) in [4.78, 5) is 50.7. The van der Waals surface area contributed by atoms with E-state index in [0.717, 1.165) is 17.7 Å². The summed E-state index contributed by atoms with van der Waals surface area (Å²) >= 11 is 5.79. The molecule has 0 saturated carbocycles. The highest BCUT2D eigenvalue weighted by molar-refractivity contribution is 6.30. The molecule has 2 aliphatic heterocycles. The van der Waals surface area contributed by atoms with Gasteiger partial charge >= 0.3 is 5.97 Å². The number of carbonyl (C=O) groups excluding carboxylic acids is 4. The summed E-state index contributed by atoms with van der Waals surface area (Å²) in [6.45, 7) is 0.309. The molecule has 1 atom stereocenters. The molecule has 4 rings (SSSR count). The fourth-order valence-electron chi connectivity index (χ4n) is 3.52. The van der Waals surface area contributed by atoms with Gasteiger partial charge in [0.1, 0.15) is 0 Å². The first-order valence-corrected chi connectivity index (χ1v) is 10.1. The zero-order chi connectivity index (χ0) is 22.0. The van der Waals surface area contributed by atoms with E-state index in [1.54, 1.807) is 24.3 Å². The van der Waals surface area contributed by atoms with Crippen molar-refractivity contribution in [2.24, 2.45) is 0 Å². The highest BCUT2D eigenvalue weighted by Crippen LogP contribution is 2.26. The second kappa shape index (κ2) is 8.87. The summed E-state index contributed by atoms with van der Waals surface area (Å²) < 4.78 is 10.5. The zero-order valence-electron chi connectivity index (χ0n) is 16.4. The third-order valence-corrected chi connectivity index (χ3v) is 5.33. The molecule has 0 bridgehead atoms. The Hall–Kier alpha value is -3.23. The molecule has 2 aromatic carbocycles. The number of esters is 1. The van der Waals surface area contributed by atoms with Crippen LogP contribution in [0.3, 0.4) is 0 Å². The maximum absolute atomic E-state index is 12.7. The lowest BCUT2D eigenvalue weighted by atomic mass is 10.1. The molecule has 8 nitrogen and oxygen atoms in total. The monoisotopic (exact) mass is 442 g/mol. The fourth-order valence-corrected chi connectivity index (χ4v) is 3.65. The molecule has 1 saturated heterocycles. The van der Waals surface area contributed by atoms with Crippen LogP contribution in [-0.2, 0) is 14.3 Å². The molecular formula is C22H19ClN2O6. The molecule has 9 heteroatoms. The summed E-state index contributed by atoms with van der Waals surface area (Å²) in [5, 5.41) is 3.11. The van der Waals surface area contributed by atoms with E-state index in [1.165, 1.54) is 18.2 Å². The first-order chi connectivity index (χ1) is 14.9. The van der Waals surface area contributed by atoms with Crippen LogP contribution in [0.1, 0.15) is 43.9 Å². The van der Waals surface area contributed by atoms with Crippen molar-refractivity contribution in [2.75, 3.05) is 25.1 Å². The molecular weight excluding hydrogens is 424 g/mol. The van der Waals surface area contributed by atoms with Crippen molar-refractivity contribution >= 4 is 41.0 Å². The molecule has 0 aromatic heterocycles. The minimum atomic E-state index is -0.771. The Kier molecular flexibility index (Phi) is 6.01. The molecule has 2 aromatic rings. The van der Waals surface area contributed by atoms with Gasteiger partial charge in [-0.25, -0.2) is 4.79 Å². The average molecular weight is 443 g/mol. The van der Waals surface area contributed by atoms with Crippen LogP contribution < -0.4 is 5.32 Å². The summed E-state index contributed by atoms with van der Waals surface area (Å²) in [6, 6.07) is 10.6. The first kappa shape index (κ1) is 21.0. The summed E-state index contributed by atoms with van der Waals surface area (Å²) in [5.74, 6) is -2.17. The fraction of sp³-hybridized carbons (Fsp3) is 0.273. The SMILES string of the molecule is O=C(COC(=O)c1ccc2c(c1)C(=O)N(C[C@@H]1CCCO1)C2=O)Nc1ccc(Cl)cc1. The number of fused-ring (bicyclic) bond motifs is 1. The summed E-state index contributed by atoms with van der Waals surface area (Å²) in [6.07, 6.45) is 1.53. The van der Waals surface area contributed by atoms with E-state index in [4.69, 9.17) is 21.1 Å². The highest BCUT2D eigenvalue weighted by Gasteiger charge is 2.38. The molecule has 1 fully saturated rings. The van der Waals surface area contributed by atoms with E-state index in [2.05, 4.69) is 5.32 Å². The largest absolute Gasteiger partial charge is 0.452 e. The minimum Gasteiger partial charge on any atom is -0.452 e. The van der Waals surface area contributed by atoms with Gasteiger partial charge in [0, 0.05) is 17.3 Å². The van der Waals surface area contributed by atoms with Crippen molar-refractivity contribution in [3.05, 3.63) is 64.2 Å². The van der Waals surface area contributed by atoms with Crippen LogP contribution >= 0.6 is 11.6 Å². The van der Waals surface area contributed by atoms with Gasteiger partial charge in [0.2, 0.25) is 0 Å². The van der Waals surface area contributed by atoms with E-state index in [1.807, 2.05) is 0 Å². The molecule has 3 amide bonds. The van der Waals surface area contributed by atoms with Gasteiger partial charge in [-0.1, -0.05) is 11.6 Å². The van der Waals surface area contributed by atoms with Gasteiger partial charge in [0.05, 0.1) is 29.3 Å². The number of carbonyl (C=O) groups is 4. The van der Waals surface area contributed by atoms with E-state index in [0.29, 0.717) is 17.3 Å². The average Bonchev–Trinajstić information content (AvgIpc) is 3.36. The Labute approximate surface area is 183 Å². The molecule has 0 radical (unpaired) electrons. The van der Waals surface area contributed by atoms with E-state index in [9.17, 15) is 19.2 Å². The Balaban J connectivity index is 1.37. The van der Waals surface area contributed by atoms with Crippen molar-refractivity contribution in [3.63, 3.8) is 0 Å². The maximum Gasteiger partial charge on any atom is 0.338 e. The smallest absolute Gasteiger partial charge is 0.338 e. The second-order valence-corrected chi connectivity index (χ2v) is 7.68. The standard InChI is InChI=1S/C22H19ClN2O6/c23-14-4-6-15(7-5-14)24-19(26)12-31-22(29)13-3-8-17-18(10-13)21(28)25(20(17)27)11-16-2-1-9-30-16/h3-8,10,16H,1-2,9,11-12H2,(H,24,26)/t16-/m0/s1. The number of nitrogens with one attached hydrogen (secondary N) is 1. The van der Waals surface area contributed by atoms with Crippen molar-refractivity contribution in [1.82, 2.24) is 4.90 Å². The van der Waals surface area contributed by atoms with Crippen molar-refractivity contribution in [2.45, 2.75) is 18.9 Å². The summed E-state index contributed by atoms with van der Waals surface area (Å²) in [5.41, 5.74) is 0.972. The molecule has 1 N–H and O–H groups in total. The molecule has 0 unspecified atom stereocenters. The second-order valence-electron chi connectivity index (χ2n) is 7.25. The summed E-state index contributed by atoms with van der Waals surface area (Å²) in [7, 11) is 0. The molecule has 31 heavy (non-hydrogen) atoms. The third-order valence-electron chi connectivity index (χ3n) is 5.08. The molecule has 0 aliphatic carbocycles. The van der Waals surface area contributed by atoms with E-state index < -0.39 is 30.3 Å². The van der Waals surface area contributed by atoms with Crippen LogP contribution in [0.2, 0.25) is 5.02 Å². The van der Waals surface area contributed by atoms with Crippen LogP contribution in [0.4, 0.5) is 5.69 Å². The minimum absolute atomic E-state index is 0.0816. The van der Waals surface area contributed by atoms with Crippen LogP contribution in [-0.4, -0.2) is 54.5 Å². The van der Waals surface area contributed by atoms with Gasteiger partial charge < -0.3 is 14.8 Å². The lowest BCUT2D eigenvalue weighted by Gasteiger charge is -2.17. The number of rotatable bonds is 6. The van der Waals surface area contributed by atoms with Crippen LogP contribution in [0.25, 0.3) is 0 Å². The van der Waals surface area contributed by atoms with Crippen LogP contribution in [0, 0.1) is 0 Å². The van der Waals surface area contributed by atoms with Gasteiger partial charge in [0.25, 0.3) is 17.7 Å². The van der Waals surface area contributed by atoms with Crippen molar-refractivity contribution in [3.8, 4) is 0 Å². The van der Waals surface area contributed by atoms with Gasteiger partial charge in [-0.05, 0) is 55.3 Å². The normalized spacial score (nSPS) is 17.6. The van der Waals surface area contributed by atoms with E-state index in [-0.39, 0.29) is 29.3 Å². The predicted molar refractivity (Wildman–Crippen MR) is 111 cm³/mol. The molecule has 160 valence electrons. The Morgan fingerprint density at radius 3 is 2.55 bits per heavy atom. The van der Waals surface area contributed by atoms with Crippen LogP contribution in [0.15, 0.2) is 42.5 Å². The van der Waals surface area contributed by atoms with Gasteiger partial charge in [-0.2, -0.15) is 0 Å². The van der Waals surface area contributed by atoms with Crippen molar-refractivity contribution < 1.29 is 28.7 Å². The number of ether oxygens (including phenoxy) is 2. The topological polar surface area (TPSA) is 102 Å². The zero-order valence-corrected chi connectivity index (χ0v) is 17.2. The van der Waals surface area contributed by atoms with Crippen LogP contribution in [0.5, 0.6) is 0 Å². The van der Waals surface area contributed by atoms with Crippen molar-refractivity contribution in [1.29, 1.82) is 0 Å². The maximum atomic E-state index is 12.7. The van der Waals surface area contributed by atoms with Gasteiger partial charge in [-0.3, -0.25) is 19.3 Å². The number of nitrogens with zero attached hydrogens (tertiary/aromatic N) is 1. The number of benzene rings is 2. The number of anilines is 1. The quantitative estimate of drug-likeness (QED) is 0.545. The van der Waals surface area contributed by atoms with Gasteiger partial charge in [-0.15, -0.1) is 0 Å². The highest BCUT2D eigenvalue weighted by atomic mass is 35.5. The Morgan fingerprint density at radius 2 is 1.84 bits per heavy atom. The third kappa shape index (κ3) is 4.60. The number of halogens is 1. The first-order valence-electron chi connectivity index (χ1n) is 9.77. The number of hydrogen-bond acceptors (Lipinski definition) is 6. The Bertz CT molecular complexity index is 1050.